The lowest BCUT2D eigenvalue weighted by Gasteiger charge is -2.25. The van der Waals surface area contributed by atoms with E-state index in [-0.39, 0.29) is 0 Å². The second kappa shape index (κ2) is 5.53. The molecule has 19 heavy (non-hydrogen) atoms. The van der Waals surface area contributed by atoms with E-state index in [1.54, 1.807) is 0 Å². The molecule has 0 bridgehead atoms. The van der Waals surface area contributed by atoms with Crippen molar-refractivity contribution in [3.63, 3.8) is 0 Å². The Balaban J connectivity index is 1.94. The molecule has 1 saturated carbocycles. The van der Waals surface area contributed by atoms with Crippen molar-refractivity contribution in [1.29, 1.82) is 0 Å². The summed E-state index contributed by atoms with van der Waals surface area (Å²) in [7, 11) is 0. The topological polar surface area (TPSA) is 56.7 Å². The van der Waals surface area contributed by atoms with Gasteiger partial charge in [0.05, 0.1) is 24.3 Å². The van der Waals surface area contributed by atoms with E-state index in [9.17, 15) is 0 Å². The first-order valence-corrected chi connectivity index (χ1v) is 7.02. The van der Waals surface area contributed by atoms with Crippen molar-refractivity contribution < 1.29 is 0 Å². The summed E-state index contributed by atoms with van der Waals surface area (Å²) >= 11 is 0. The van der Waals surface area contributed by atoms with Crippen LogP contribution in [0.1, 0.15) is 31.7 Å². The summed E-state index contributed by atoms with van der Waals surface area (Å²) in [5, 5.41) is 0. The maximum absolute atomic E-state index is 6.03. The third-order valence-corrected chi connectivity index (χ3v) is 4.18. The van der Waals surface area contributed by atoms with Crippen LogP contribution in [-0.4, -0.2) is 21.1 Å². The average Bonchev–Trinajstić information content (AvgIpc) is 3.12. The molecule has 0 amide bonds. The molecule has 0 radical (unpaired) electrons. The highest BCUT2D eigenvalue weighted by Crippen LogP contribution is 2.35. The molecular formula is C15H20N4. The third kappa shape index (κ3) is 2.40. The zero-order valence-electron chi connectivity index (χ0n) is 11.1. The van der Waals surface area contributed by atoms with E-state index >= 15 is 0 Å². The molecular weight excluding hydrogens is 236 g/mol. The summed E-state index contributed by atoms with van der Waals surface area (Å²) in [6.07, 6.45) is 12.7. The van der Waals surface area contributed by atoms with Gasteiger partial charge in [-0.3, -0.25) is 4.98 Å². The highest BCUT2D eigenvalue weighted by Gasteiger charge is 2.26. The molecule has 0 aromatic carbocycles. The maximum Gasteiger partial charge on any atom is 0.0954 e. The Labute approximate surface area is 113 Å². The highest BCUT2D eigenvalue weighted by molar-refractivity contribution is 5.58. The van der Waals surface area contributed by atoms with Crippen LogP contribution in [0, 0.1) is 5.92 Å². The van der Waals surface area contributed by atoms with Gasteiger partial charge in [0.15, 0.2) is 0 Å². The van der Waals surface area contributed by atoms with E-state index in [2.05, 4.69) is 14.5 Å². The van der Waals surface area contributed by atoms with Crippen LogP contribution >= 0.6 is 0 Å². The minimum atomic E-state index is 0.369. The number of nitrogens with zero attached hydrogens (tertiary/aromatic N) is 3. The molecule has 2 aromatic rings. The van der Waals surface area contributed by atoms with Crippen LogP contribution in [0.4, 0.5) is 0 Å². The van der Waals surface area contributed by atoms with Crippen LogP contribution in [0.25, 0.3) is 11.3 Å². The number of hydrogen-bond acceptors (Lipinski definition) is 3. The quantitative estimate of drug-likeness (QED) is 0.915. The summed E-state index contributed by atoms with van der Waals surface area (Å²) in [5.41, 5.74) is 8.33. The Kier molecular flexibility index (Phi) is 3.60. The standard InChI is InChI=1S/C15H20N4/c16-9-14(12-3-1-2-4-12)19-11-18-10-15(19)13-5-7-17-8-6-13/h5-8,10-12,14H,1-4,9,16H2. The van der Waals surface area contributed by atoms with Crippen molar-refractivity contribution in [3.8, 4) is 11.3 Å². The molecule has 2 aromatic heterocycles. The van der Waals surface area contributed by atoms with Crippen LogP contribution in [-0.2, 0) is 0 Å². The van der Waals surface area contributed by atoms with Crippen molar-refractivity contribution in [2.75, 3.05) is 6.54 Å². The lowest BCUT2D eigenvalue weighted by Crippen LogP contribution is -2.25. The van der Waals surface area contributed by atoms with E-state index in [0.29, 0.717) is 18.5 Å². The summed E-state index contributed by atoms with van der Waals surface area (Å²) in [6.45, 7) is 0.680. The summed E-state index contributed by atoms with van der Waals surface area (Å²) in [5.74, 6) is 0.694. The van der Waals surface area contributed by atoms with Gasteiger partial charge in [-0.2, -0.15) is 0 Å². The molecule has 1 atom stereocenters. The van der Waals surface area contributed by atoms with E-state index in [0.717, 1.165) is 11.3 Å². The van der Waals surface area contributed by atoms with Crippen LogP contribution in [0.3, 0.4) is 0 Å². The van der Waals surface area contributed by atoms with E-state index in [1.165, 1.54) is 25.7 Å². The third-order valence-electron chi connectivity index (χ3n) is 4.18. The number of nitrogens with two attached hydrogens (primary N) is 1. The minimum absolute atomic E-state index is 0.369. The molecule has 1 fully saturated rings. The largest absolute Gasteiger partial charge is 0.328 e. The Morgan fingerprint density at radius 2 is 1.95 bits per heavy atom. The molecule has 1 aliphatic carbocycles. The molecule has 2 heterocycles. The zero-order chi connectivity index (χ0) is 13.1. The number of hydrogen-bond donors (Lipinski definition) is 1. The average molecular weight is 256 g/mol. The van der Waals surface area contributed by atoms with Crippen molar-refractivity contribution in [3.05, 3.63) is 37.1 Å². The van der Waals surface area contributed by atoms with Crippen LogP contribution in [0.15, 0.2) is 37.1 Å². The molecule has 100 valence electrons. The minimum Gasteiger partial charge on any atom is -0.328 e. The van der Waals surface area contributed by atoms with Gasteiger partial charge >= 0.3 is 0 Å². The predicted octanol–water partition coefficient (Wildman–Crippen LogP) is 2.64. The van der Waals surface area contributed by atoms with Gasteiger partial charge in [0.2, 0.25) is 0 Å². The van der Waals surface area contributed by atoms with Gasteiger partial charge in [0.25, 0.3) is 0 Å². The first-order valence-electron chi connectivity index (χ1n) is 7.02. The van der Waals surface area contributed by atoms with E-state index < -0.39 is 0 Å². The summed E-state index contributed by atoms with van der Waals surface area (Å²) < 4.78 is 2.26. The fourth-order valence-electron chi connectivity index (χ4n) is 3.19. The van der Waals surface area contributed by atoms with E-state index in [4.69, 9.17) is 5.73 Å². The Bertz CT molecular complexity index is 514. The first-order chi connectivity index (χ1) is 9.40. The Morgan fingerprint density at radius 3 is 2.63 bits per heavy atom. The van der Waals surface area contributed by atoms with Gasteiger partial charge < -0.3 is 10.3 Å². The molecule has 1 unspecified atom stereocenters. The molecule has 4 nitrogen and oxygen atoms in total. The predicted molar refractivity (Wildman–Crippen MR) is 75.5 cm³/mol. The SMILES string of the molecule is NCC(C1CCCC1)n1cncc1-c1ccncc1. The molecule has 4 heteroatoms. The highest BCUT2D eigenvalue weighted by atomic mass is 15.1. The summed E-state index contributed by atoms with van der Waals surface area (Å²) in [4.78, 5) is 8.40. The molecule has 0 spiro atoms. The van der Waals surface area contributed by atoms with Gasteiger partial charge in [-0.15, -0.1) is 0 Å². The Morgan fingerprint density at radius 1 is 1.21 bits per heavy atom. The molecule has 0 saturated heterocycles. The van der Waals surface area contributed by atoms with Gasteiger partial charge in [-0.25, -0.2) is 4.98 Å². The van der Waals surface area contributed by atoms with Crippen LogP contribution < -0.4 is 5.73 Å². The van der Waals surface area contributed by atoms with Crippen molar-refractivity contribution >= 4 is 0 Å². The van der Waals surface area contributed by atoms with Gasteiger partial charge in [0, 0.05) is 24.5 Å². The number of aromatic nitrogens is 3. The van der Waals surface area contributed by atoms with Crippen LogP contribution in [0.5, 0.6) is 0 Å². The van der Waals surface area contributed by atoms with Gasteiger partial charge in [0.1, 0.15) is 0 Å². The van der Waals surface area contributed by atoms with Gasteiger partial charge in [-0.05, 0) is 30.9 Å². The van der Waals surface area contributed by atoms with Crippen molar-refractivity contribution in [1.82, 2.24) is 14.5 Å². The maximum atomic E-state index is 6.03. The first kappa shape index (κ1) is 12.4. The number of rotatable bonds is 4. The fraction of sp³-hybridized carbons (Fsp3) is 0.467. The number of pyridine rings is 1. The lowest BCUT2D eigenvalue weighted by molar-refractivity contribution is 0.344. The fourth-order valence-corrected chi connectivity index (χ4v) is 3.19. The number of imidazole rings is 1. The normalized spacial score (nSPS) is 17.7. The van der Waals surface area contributed by atoms with Crippen LogP contribution in [0.2, 0.25) is 0 Å². The molecule has 3 rings (SSSR count). The monoisotopic (exact) mass is 256 g/mol. The van der Waals surface area contributed by atoms with E-state index in [1.807, 2.05) is 37.1 Å². The smallest absolute Gasteiger partial charge is 0.0954 e. The molecule has 0 aliphatic heterocycles. The van der Waals surface area contributed by atoms with Crippen molar-refractivity contribution in [2.45, 2.75) is 31.7 Å². The Hall–Kier alpha value is -1.68. The lowest BCUT2D eigenvalue weighted by atomic mass is 9.97. The van der Waals surface area contributed by atoms with Crippen molar-refractivity contribution in [2.24, 2.45) is 11.7 Å². The molecule has 2 N–H and O–H groups in total. The van der Waals surface area contributed by atoms with Gasteiger partial charge in [-0.1, -0.05) is 12.8 Å². The molecule has 1 aliphatic rings. The summed E-state index contributed by atoms with van der Waals surface area (Å²) in [6, 6.07) is 4.42. The second-order valence-corrected chi connectivity index (χ2v) is 5.27. The second-order valence-electron chi connectivity index (χ2n) is 5.27. The zero-order valence-corrected chi connectivity index (χ0v) is 11.1.